The van der Waals surface area contributed by atoms with Crippen LogP contribution in [-0.2, 0) is 26.5 Å². The van der Waals surface area contributed by atoms with Crippen LogP contribution < -0.4 is 10.6 Å². The lowest BCUT2D eigenvalue weighted by Crippen LogP contribution is -2.53. The summed E-state index contributed by atoms with van der Waals surface area (Å²) in [5.41, 5.74) is 0.578. The zero-order chi connectivity index (χ0) is 22.1. The van der Waals surface area contributed by atoms with Crippen LogP contribution in [0.5, 0.6) is 0 Å². The molecule has 0 unspecified atom stereocenters. The van der Waals surface area contributed by atoms with Crippen molar-refractivity contribution in [3.05, 3.63) is 63.6 Å². The average Bonchev–Trinajstić information content (AvgIpc) is 3.31. The van der Waals surface area contributed by atoms with E-state index in [1.54, 1.807) is 36.4 Å². The molecule has 3 aliphatic heterocycles. The van der Waals surface area contributed by atoms with Gasteiger partial charge in [-0.2, -0.15) is 0 Å². The van der Waals surface area contributed by atoms with Gasteiger partial charge in [-0.05, 0) is 35.7 Å². The van der Waals surface area contributed by atoms with Crippen molar-refractivity contribution in [2.24, 2.45) is 17.8 Å². The summed E-state index contributed by atoms with van der Waals surface area (Å²) in [5.74, 6) is -2.45. The molecule has 3 aliphatic rings. The third-order valence-corrected chi connectivity index (χ3v) is 7.31. The number of amides is 3. The van der Waals surface area contributed by atoms with Crippen LogP contribution in [0.2, 0.25) is 10.0 Å². The summed E-state index contributed by atoms with van der Waals surface area (Å²) < 4.78 is 0. The molecule has 2 aromatic carbocycles. The second kappa shape index (κ2) is 7.05. The van der Waals surface area contributed by atoms with Gasteiger partial charge >= 0.3 is 0 Å². The fourth-order valence-electron chi connectivity index (χ4n) is 5.29. The minimum Gasteiger partial charge on any atom is -0.324 e. The molecule has 8 heteroatoms. The van der Waals surface area contributed by atoms with Crippen LogP contribution in [0.1, 0.15) is 25.0 Å². The van der Waals surface area contributed by atoms with E-state index in [4.69, 9.17) is 23.2 Å². The number of anilines is 1. The highest BCUT2D eigenvalue weighted by Gasteiger charge is 2.70. The molecule has 6 nitrogen and oxygen atoms in total. The van der Waals surface area contributed by atoms with E-state index < -0.39 is 17.4 Å². The Kier molecular flexibility index (Phi) is 4.66. The molecular weight excluding hydrogens is 437 g/mol. The number of fused-ring (bicyclic) bond motifs is 4. The van der Waals surface area contributed by atoms with Crippen molar-refractivity contribution < 1.29 is 14.4 Å². The van der Waals surface area contributed by atoms with Crippen LogP contribution in [0.3, 0.4) is 0 Å². The third-order valence-electron chi connectivity index (χ3n) is 6.71. The Hall–Kier alpha value is -2.41. The Morgan fingerprint density at radius 3 is 2.52 bits per heavy atom. The molecule has 2 aromatic rings. The number of likely N-dealkylation sites (tertiary alicyclic amines) is 1. The first kappa shape index (κ1) is 20.5. The van der Waals surface area contributed by atoms with Crippen molar-refractivity contribution >= 4 is 46.6 Å². The van der Waals surface area contributed by atoms with Gasteiger partial charge in [-0.1, -0.05) is 55.2 Å². The fourth-order valence-corrected chi connectivity index (χ4v) is 5.66. The molecule has 4 atom stereocenters. The normalized spacial score (nSPS) is 29.1. The van der Waals surface area contributed by atoms with E-state index in [1.807, 2.05) is 19.9 Å². The largest absolute Gasteiger partial charge is 0.324 e. The lowest BCUT2D eigenvalue weighted by Gasteiger charge is -2.30. The van der Waals surface area contributed by atoms with Gasteiger partial charge in [0.15, 0.2) is 0 Å². The molecule has 5 rings (SSSR count). The van der Waals surface area contributed by atoms with Gasteiger partial charge in [0.2, 0.25) is 17.7 Å². The van der Waals surface area contributed by atoms with E-state index in [-0.39, 0.29) is 36.2 Å². The second-order valence-corrected chi connectivity index (χ2v) is 9.57. The number of carbonyl (C=O) groups is 3. The van der Waals surface area contributed by atoms with Crippen LogP contribution >= 0.6 is 23.2 Å². The number of carbonyl (C=O) groups excluding carboxylic acids is 3. The lowest BCUT2D eigenvalue weighted by molar-refractivity contribution is -0.143. The first-order valence-electron chi connectivity index (χ1n) is 10.2. The van der Waals surface area contributed by atoms with Gasteiger partial charge in [-0.15, -0.1) is 0 Å². The maximum Gasteiger partial charge on any atom is 0.250 e. The minimum absolute atomic E-state index is 0.0277. The van der Waals surface area contributed by atoms with E-state index in [0.29, 0.717) is 26.9 Å². The minimum atomic E-state index is -1.33. The first-order valence-corrected chi connectivity index (χ1v) is 11.0. The SMILES string of the molecule is CC(C)[C@H]1N[C@]2(C(=O)Nc3ccc(Cl)cc32)[C@@H]2C(=O)N(Cc3ccccc3Cl)C(=O)[C@H]12. The van der Waals surface area contributed by atoms with Crippen molar-refractivity contribution in [1.82, 2.24) is 10.2 Å². The van der Waals surface area contributed by atoms with Gasteiger partial charge in [0, 0.05) is 27.3 Å². The fraction of sp³-hybridized carbons (Fsp3) is 0.348. The van der Waals surface area contributed by atoms with Crippen LogP contribution in [0.4, 0.5) is 5.69 Å². The number of halogens is 2. The van der Waals surface area contributed by atoms with Crippen molar-refractivity contribution in [2.45, 2.75) is 32.0 Å². The van der Waals surface area contributed by atoms with E-state index in [2.05, 4.69) is 10.6 Å². The highest BCUT2D eigenvalue weighted by atomic mass is 35.5. The molecule has 2 N–H and O–H groups in total. The predicted molar refractivity (Wildman–Crippen MR) is 118 cm³/mol. The molecule has 0 saturated carbocycles. The molecule has 2 fully saturated rings. The van der Waals surface area contributed by atoms with Crippen molar-refractivity contribution in [3.8, 4) is 0 Å². The summed E-state index contributed by atoms with van der Waals surface area (Å²) in [4.78, 5) is 41.8. The van der Waals surface area contributed by atoms with E-state index in [9.17, 15) is 14.4 Å². The molecular formula is C23H21Cl2N3O3. The predicted octanol–water partition coefficient (Wildman–Crippen LogP) is 3.57. The Balaban J connectivity index is 1.63. The van der Waals surface area contributed by atoms with Gasteiger partial charge < -0.3 is 5.32 Å². The van der Waals surface area contributed by atoms with Crippen LogP contribution in [0.15, 0.2) is 42.5 Å². The number of nitrogens with one attached hydrogen (secondary N) is 2. The van der Waals surface area contributed by atoms with Gasteiger partial charge in [0.05, 0.1) is 18.4 Å². The molecule has 3 amide bonds. The second-order valence-electron chi connectivity index (χ2n) is 8.72. The molecule has 0 bridgehead atoms. The van der Waals surface area contributed by atoms with Crippen molar-refractivity contribution in [2.75, 3.05) is 5.32 Å². The summed E-state index contributed by atoms with van der Waals surface area (Å²) >= 11 is 12.5. The van der Waals surface area contributed by atoms with Gasteiger partial charge in [0.1, 0.15) is 5.54 Å². The smallest absolute Gasteiger partial charge is 0.250 e. The molecule has 3 heterocycles. The molecule has 1 spiro atoms. The molecule has 0 aliphatic carbocycles. The number of hydrogen-bond acceptors (Lipinski definition) is 4. The first-order chi connectivity index (χ1) is 14.8. The molecule has 0 radical (unpaired) electrons. The quantitative estimate of drug-likeness (QED) is 0.690. The number of hydrogen-bond donors (Lipinski definition) is 2. The van der Waals surface area contributed by atoms with Crippen molar-refractivity contribution in [3.63, 3.8) is 0 Å². The standard InChI is InChI=1S/C23H21Cl2N3O3/c1-11(2)19-17-18(21(30)28(20(17)29)10-12-5-3-4-6-15(12)25)23(27-19)14-9-13(24)7-8-16(14)26-22(23)31/h3-9,11,17-19,27H,10H2,1-2H3,(H,26,31)/t17-,18-,19+,23-/m0/s1. The topological polar surface area (TPSA) is 78.5 Å². The number of rotatable bonds is 3. The maximum atomic E-state index is 13.7. The highest BCUT2D eigenvalue weighted by Crippen LogP contribution is 2.54. The zero-order valence-electron chi connectivity index (χ0n) is 17.0. The summed E-state index contributed by atoms with van der Waals surface area (Å²) in [6, 6.07) is 11.9. The van der Waals surface area contributed by atoms with Crippen molar-refractivity contribution in [1.29, 1.82) is 0 Å². The Morgan fingerprint density at radius 1 is 1.06 bits per heavy atom. The number of benzene rings is 2. The Bertz CT molecular complexity index is 1130. The van der Waals surface area contributed by atoms with Crippen LogP contribution in [0.25, 0.3) is 0 Å². The highest BCUT2D eigenvalue weighted by molar-refractivity contribution is 6.31. The van der Waals surface area contributed by atoms with Gasteiger partial charge in [-0.3, -0.25) is 24.6 Å². The summed E-state index contributed by atoms with van der Waals surface area (Å²) in [5, 5.41) is 7.22. The lowest BCUT2D eigenvalue weighted by atomic mass is 9.76. The number of nitrogens with zero attached hydrogens (tertiary/aromatic N) is 1. The molecule has 160 valence electrons. The maximum absolute atomic E-state index is 13.7. The number of imide groups is 1. The molecule has 0 aromatic heterocycles. The van der Waals surface area contributed by atoms with E-state index in [0.717, 1.165) is 0 Å². The summed E-state index contributed by atoms with van der Waals surface area (Å²) in [7, 11) is 0. The molecule has 2 saturated heterocycles. The summed E-state index contributed by atoms with van der Waals surface area (Å²) in [6.45, 7) is 4.04. The monoisotopic (exact) mass is 457 g/mol. The van der Waals surface area contributed by atoms with Crippen LogP contribution in [-0.4, -0.2) is 28.7 Å². The Labute approximate surface area is 189 Å². The van der Waals surface area contributed by atoms with Crippen LogP contribution in [0, 0.1) is 17.8 Å². The van der Waals surface area contributed by atoms with Gasteiger partial charge in [-0.25, -0.2) is 0 Å². The molecule has 31 heavy (non-hydrogen) atoms. The Morgan fingerprint density at radius 2 is 1.81 bits per heavy atom. The zero-order valence-corrected chi connectivity index (χ0v) is 18.5. The van der Waals surface area contributed by atoms with Gasteiger partial charge in [0.25, 0.3) is 0 Å². The average molecular weight is 458 g/mol. The van der Waals surface area contributed by atoms with E-state index in [1.165, 1.54) is 4.90 Å². The third kappa shape index (κ3) is 2.78. The summed E-state index contributed by atoms with van der Waals surface area (Å²) in [6.07, 6.45) is 0. The van der Waals surface area contributed by atoms with E-state index >= 15 is 0 Å².